The lowest BCUT2D eigenvalue weighted by atomic mass is 10.1. The number of amides is 2. The molecule has 0 saturated heterocycles. The van der Waals surface area contributed by atoms with Crippen molar-refractivity contribution in [3.8, 4) is 0 Å². The fourth-order valence-corrected chi connectivity index (χ4v) is 2.79. The van der Waals surface area contributed by atoms with E-state index in [4.69, 9.17) is 11.6 Å². The molecular weight excluding hydrogens is 355 g/mol. The minimum Gasteiger partial charge on any atom is -0.339 e. The van der Waals surface area contributed by atoms with Crippen molar-refractivity contribution in [1.29, 1.82) is 0 Å². The van der Waals surface area contributed by atoms with Crippen LogP contribution in [0.4, 0.5) is 10.1 Å². The molecule has 2 amide bonds. The summed E-state index contributed by atoms with van der Waals surface area (Å²) < 4.78 is 13.2. The molecule has 0 unspecified atom stereocenters. The van der Waals surface area contributed by atoms with Gasteiger partial charge in [0.2, 0.25) is 0 Å². The summed E-state index contributed by atoms with van der Waals surface area (Å²) in [6.07, 6.45) is 1.74. The lowest BCUT2D eigenvalue weighted by Crippen LogP contribution is -2.32. The number of hydrogen-bond acceptors (Lipinski definition) is 2. The Morgan fingerprint density at radius 1 is 1.04 bits per heavy atom. The first-order valence-corrected chi connectivity index (χ1v) is 8.99. The Kier molecular flexibility index (Phi) is 7.16. The molecule has 4 nitrogen and oxygen atoms in total. The highest BCUT2D eigenvalue weighted by atomic mass is 35.5. The number of nitrogens with zero attached hydrogens (tertiary/aromatic N) is 1. The normalized spacial score (nSPS) is 10.5. The largest absolute Gasteiger partial charge is 0.339 e. The monoisotopic (exact) mass is 376 g/mol. The lowest BCUT2D eigenvalue weighted by molar-refractivity contribution is 0.0755. The molecule has 0 bridgehead atoms. The Morgan fingerprint density at radius 2 is 1.69 bits per heavy atom. The van der Waals surface area contributed by atoms with Crippen molar-refractivity contribution in [3.05, 3.63) is 64.4 Å². The molecule has 0 heterocycles. The molecule has 0 aliphatic carbocycles. The van der Waals surface area contributed by atoms with Crippen LogP contribution in [0.3, 0.4) is 0 Å². The Balaban J connectivity index is 2.17. The smallest absolute Gasteiger partial charge is 0.255 e. The van der Waals surface area contributed by atoms with Crippen molar-refractivity contribution in [1.82, 2.24) is 4.90 Å². The first-order chi connectivity index (χ1) is 12.5. The molecule has 1 N–H and O–H groups in total. The summed E-state index contributed by atoms with van der Waals surface area (Å²) in [5.74, 6) is -1.03. The molecule has 0 aliphatic heterocycles. The van der Waals surface area contributed by atoms with Crippen LogP contribution in [0.2, 0.25) is 5.02 Å². The molecule has 2 aromatic carbocycles. The summed E-state index contributed by atoms with van der Waals surface area (Å²) in [4.78, 5) is 26.9. The van der Waals surface area contributed by atoms with Gasteiger partial charge in [0, 0.05) is 29.9 Å². The Morgan fingerprint density at radius 3 is 2.31 bits per heavy atom. The minimum absolute atomic E-state index is 0.0681. The van der Waals surface area contributed by atoms with Gasteiger partial charge in [0.15, 0.2) is 0 Å². The van der Waals surface area contributed by atoms with Gasteiger partial charge in [-0.2, -0.15) is 0 Å². The highest BCUT2D eigenvalue weighted by Crippen LogP contribution is 2.20. The van der Waals surface area contributed by atoms with Gasteiger partial charge in [-0.1, -0.05) is 31.5 Å². The third kappa shape index (κ3) is 5.05. The second-order valence-electron chi connectivity index (χ2n) is 5.96. The molecule has 0 radical (unpaired) electrons. The zero-order chi connectivity index (χ0) is 19.1. The van der Waals surface area contributed by atoms with Gasteiger partial charge in [0.1, 0.15) is 5.82 Å². The van der Waals surface area contributed by atoms with Crippen LogP contribution in [0.15, 0.2) is 42.5 Å². The predicted molar refractivity (Wildman–Crippen MR) is 102 cm³/mol. The second kappa shape index (κ2) is 9.34. The topological polar surface area (TPSA) is 49.4 Å². The van der Waals surface area contributed by atoms with Gasteiger partial charge in [-0.05, 0) is 49.2 Å². The molecule has 0 spiro atoms. The Labute approximate surface area is 158 Å². The predicted octanol–water partition coefficient (Wildman–Crippen LogP) is 4.99. The van der Waals surface area contributed by atoms with Gasteiger partial charge >= 0.3 is 0 Å². The van der Waals surface area contributed by atoms with Crippen LogP contribution < -0.4 is 5.32 Å². The fraction of sp³-hybridized carbons (Fsp3) is 0.300. The highest BCUT2D eigenvalue weighted by molar-refractivity contribution is 6.31. The van der Waals surface area contributed by atoms with Crippen molar-refractivity contribution in [2.45, 2.75) is 26.7 Å². The van der Waals surface area contributed by atoms with Crippen LogP contribution in [0.5, 0.6) is 0 Å². The van der Waals surface area contributed by atoms with Gasteiger partial charge in [-0.3, -0.25) is 9.59 Å². The maximum absolute atomic E-state index is 13.2. The fourth-order valence-electron chi connectivity index (χ4n) is 2.61. The van der Waals surface area contributed by atoms with E-state index in [2.05, 4.69) is 5.32 Å². The maximum atomic E-state index is 13.2. The number of benzene rings is 2. The third-order valence-electron chi connectivity index (χ3n) is 3.82. The van der Waals surface area contributed by atoms with Crippen molar-refractivity contribution in [3.63, 3.8) is 0 Å². The Hall–Kier alpha value is -2.40. The highest BCUT2D eigenvalue weighted by Gasteiger charge is 2.16. The molecule has 138 valence electrons. The van der Waals surface area contributed by atoms with Gasteiger partial charge in [-0.25, -0.2) is 4.39 Å². The molecule has 0 aliphatic rings. The standard InChI is InChI=1S/C20H22ClFN2O2/c1-3-10-24(11-4-2)20(26)15-7-5-6-14(12-15)19(25)23-16-8-9-18(22)17(21)13-16/h5-9,12-13H,3-4,10-11H2,1-2H3,(H,23,25). The van der Waals surface area contributed by atoms with E-state index < -0.39 is 5.82 Å². The number of anilines is 1. The van der Waals surface area contributed by atoms with Crippen molar-refractivity contribution in [2.75, 3.05) is 18.4 Å². The van der Waals surface area contributed by atoms with E-state index >= 15 is 0 Å². The molecule has 0 fully saturated rings. The third-order valence-corrected chi connectivity index (χ3v) is 4.11. The van der Waals surface area contributed by atoms with Gasteiger partial charge in [0.05, 0.1) is 5.02 Å². The molecule has 2 aromatic rings. The molecule has 6 heteroatoms. The van der Waals surface area contributed by atoms with Crippen molar-refractivity contribution >= 4 is 29.1 Å². The van der Waals surface area contributed by atoms with Gasteiger partial charge < -0.3 is 10.2 Å². The summed E-state index contributed by atoms with van der Waals surface area (Å²) in [6.45, 7) is 5.40. The summed E-state index contributed by atoms with van der Waals surface area (Å²) in [6, 6.07) is 10.5. The second-order valence-corrected chi connectivity index (χ2v) is 6.36. The molecule has 26 heavy (non-hydrogen) atoms. The van der Waals surface area contributed by atoms with E-state index in [9.17, 15) is 14.0 Å². The van der Waals surface area contributed by atoms with E-state index in [0.29, 0.717) is 29.9 Å². The van der Waals surface area contributed by atoms with E-state index in [1.165, 1.54) is 18.2 Å². The number of nitrogens with one attached hydrogen (secondary N) is 1. The van der Waals surface area contributed by atoms with E-state index in [1.807, 2.05) is 13.8 Å². The SMILES string of the molecule is CCCN(CCC)C(=O)c1cccc(C(=O)Nc2ccc(F)c(Cl)c2)c1. The van der Waals surface area contributed by atoms with Crippen LogP contribution in [0, 0.1) is 5.82 Å². The molecule has 0 aromatic heterocycles. The van der Waals surface area contributed by atoms with E-state index in [0.717, 1.165) is 12.8 Å². The zero-order valence-corrected chi connectivity index (χ0v) is 15.6. The average molecular weight is 377 g/mol. The molecular formula is C20H22ClFN2O2. The molecule has 2 rings (SSSR count). The van der Waals surface area contributed by atoms with Crippen molar-refractivity contribution in [2.24, 2.45) is 0 Å². The summed E-state index contributed by atoms with van der Waals surface area (Å²) >= 11 is 5.73. The maximum Gasteiger partial charge on any atom is 0.255 e. The number of carbonyl (C=O) groups is 2. The number of carbonyl (C=O) groups excluding carboxylic acids is 2. The number of hydrogen-bond donors (Lipinski definition) is 1. The summed E-state index contributed by atoms with van der Waals surface area (Å²) in [7, 11) is 0. The summed E-state index contributed by atoms with van der Waals surface area (Å²) in [5.41, 5.74) is 1.21. The average Bonchev–Trinajstić information content (AvgIpc) is 2.64. The van der Waals surface area contributed by atoms with Crippen LogP contribution in [-0.4, -0.2) is 29.8 Å². The van der Waals surface area contributed by atoms with E-state index in [-0.39, 0.29) is 16.8 Å². The first-order valence-electron chi connectivity index (χ1n) is 8.62. The van der Waals surface area contributed by atoms with E-state index in [1.54, 1.807) is 29.2 Å². The van der Waals surface area contributed by atoms with Gasteiger partial charge in [0.25, 0.3) is 11.8 Å². The Bertz CT molecular complexity index is 789. The first kappa shape index (κ1) is 19.9. The quantitative estimate of drug-likeness (QED) is 0.739. The van der Waals surface area contributed by atoms with Crippen LogP contribution in [0.25, 0.3) is 0 Å². The lowest BCUT2D eigenvalue weighted by Gasteiger charge is -2.21. The zero-order valence-electron chi connectivity index (χ0n) is 14.9. The van der Waals surface area contributed by atoms with Crippen LogP contribution >= 0.6 is 11.6 Å². The molecule has 0 atom stereocenters. The number of rotatable bonds is 7. The van der Waals surface area contributed by atoms with Crippen LogP contribution in [0.1, 0.15) is 47.4 Å². The minimum atomic E-state index is -0.552. The number of halogens is 2. The van der Waals surface area contributed by atoms with Crippen LogP contribution in [-0.2, 0) is 0 Å². The van der Waals surface area contributed by atoms with Crippen molar-refractivity contribution < 1.29 is 14.0 Å². The summed E-state index contributed by atoms with van der Waals surface area (Å²) in [5, 5.41) is 2.59. The van der Waals surface area contributed by atoms with Gasteiger partial charge in [-0.15, -0.1) is 0 Å². The molecule has 0 saturated carbocycles.